The number of aliphatic hydroxyl groups excluding tert-OH is 1. The molecular formula is C8H15NO. The van der Waals surface area contributed by atoms with Gasteiger partial charge in [-0.1, -0.05) is 6.92 Å². The predicted octanol–water partition coefficient (Wildman–Crippen LogP) is 0.368. The minimum atomic E-state index is 0.318. The molecule has 2 aliphatic rings. The Morgan fingerprint density at radius 1 is 1.60 bits per heavy atom. The largest absolute Gasteiger partial charge is 0.396 e. The number of aliphatic hydroxyl groups is 1. The van der Waals surface area contributed by atoms with Crippen molar-refractivity contribution in [2.75, 3.05) is 19.7 Å². The first-order valence-electron chi connectivity index (χ1n) is 4.04. The van der Waals surface area contributed by atoms with Crippen molar-refractivity contribution < 1.29 is 5.11 Å². The van der Waals surface area contributed by atoms with Gasteiger partial charge in [0.05, 0.1) is 0 Å². The Morgan fingerprint density at radius 2 is 2.40 bits per heavy atom. The fraction of sp³-hybridized carbons (Fsp3) is 1.00. The molecule has 1 heterocycles. The van der Waals surface area contributed by atoms with Crippen LogP contribution in [-0.4, -0.2) is 24.8 Å². The lowest BCUT2D eigenvalue weighted by atomic mass is 9.89. The summed E-state index contributed by atoms with van der Waals surface area (Å²) >= 11 is 0. The standard InChI is InChI=1S/C8H15NO/c1-7-4-8(7,6-10)2-3-9-5-7/h9-10H,2-6H2,1H3/t7-,8-/m0/s1. The molecule has 2 fully saturated rings. The number of nitrogens with one attached hydrogen (secondary N) is 1. The van der Waals surface area contributed by atoms with Gasteiger partial charge in [0, 0.05) is 18.6 Å². The van der Waals surface area contributed by atoms with Crippen molar-refractivity contribution in [3.8, 4) is 0 Å². The van der Waals surface area contributed by atoms with Crippen molar-refractivity contribution in [2.24, 2.45) is 10.8 Å². The van der Waals surface area contributed by atoms with Gasteiger partial charge in [0.1, 0.15) is 0 Å². The van der Waals surface area contributed by atoms with Crippen LogP contribution in [0.1, 0.15) is 19.8 Å². The van der Waals surface area contributed by atoms with Crippen LogP contribution in [0.5, 0.6) is 0 Å². The highest BCUT2D eigenvalue weighted by Crippen LogP contribution is 2.66. The summed E-state index contributed by atoms with van der Waals surface area (Å²) in [7, 11) is 0. The zero-order valence-electron chi connectivity index (χ0n) is 6.48. The third kappa shape index (κ3) is 0.611. The molecule has 58 valence electrons. The van der Waals surface area contributed by atoms with E-state index >= 15 is 0 Å². The predicted molar refractivity (Wildman–Crippen MR) is 39.7 cm³/mol. The molecule has 0 unspecified atom stereocenters. The molecule has 0 radical (unpaired) electrons. The van der Waals surface area contributed by atoms with E-state index in [0.29, 0.717) is 17.4 Å². The van der Waals surface area contributed by atoms with Gasteiger partial charge in [0.15, 0.2) is 0 Å². The Labute approximate surface area is 61.6 Å². The Morgan fingerprint density at radius 3 is 2.90 bits per heavy atom. The number of piperidine rings is 1. The number of hydrogen-bond donors (Lipinski definition) is 2. The highest BCUT2D eigenvalue weighted by Gasteiger charge is 2.64. The van der Waals surface area contributed by atoms with E-state index in [4.69, 9.17) is 5.11 Å². The third-order valence-electron chi connectivity index (χ3n) is 3.48. The lowest BCUT2D eigenvalue weighted by Gasteiger charge is -2.26. The van der Waals surface area contributed by atoms with Gasteiger partial charge >= 0.3 is 0 Å². The SMILES string of the molecule is C[C@]12CNCC[C@@]1(CO)C2. The van der Waals surface area contributed by atoms with Crippen molar-refractivity contribution in [1.82, 2.24) is 5.32 Å². The topological polar surface area (TPSA) is 32.3 Å². The summed E-state index contributed by atoms with van der Waals surface area (Å²) in [6.07, 6.45) is 2.39. The van der Waals surface area contributed by atoms with E-state index < -0.39 is 0 Å². The Hall–Kier alpha value is -0.0800. The quantitative estimate of drug-likeness (QED) is 0.553. The van der Waals surface area contributed by atoms with E-state index in [0.717, 1.165) is 13.1 Å². The highest BCUT2D eigenvalue weighted by atomic mass is 16.3. The Balaban J connectivity index is 2.13. The minimum absolute atomic E-state index is 0.318. The molecule has 1 aliphatic carbocycles. The first-order valence-corrected chi connectivity index (χ1v) is 4.04. The van der Waals surface area contributed by atoms with Gasteiger partial charge in [-0.2, -0.15) is 0 Å². The fourth-order valence-electron chi connectivity index (χ4n) is 2.36. The van der Waals surface area contributed by atoms with Crippen LogP contribution < -0.4 is 5.32 Å². The van der Waals surface area contributed by atoms with E-state index in [1.54, 1.807) is 0 Å². The van der Waals surface area contributed by atoms with E-state index in [1.165, 1.54) is 12.8 Å². The molecule has 2 nitrogen and oxygen atoms in total. The van der Waals surface area contributed by atoms with E-state index in [9.17, 15) is 0 Å². The number of rotatable bonds is 1. The first kappa shape index (κ1) is 6.62. The number of fused-ring (bicyclic) bond motifs is 1. The van der Waals surface area contributed by atoms with Crippen molar-refractivity contribution in [2.45, 2.75) is 19.8 Å². The molecule has 0 bridgehead atoms. The summed E-state index contributed by atoms with van der Waals surface area (Å²) in [5, 5.41) is 12.5. The summed E-state index contributed by atoms with van der Waals surface area (Å²) in [5.74, 6) is 0. The molecule has 1 aliphatic heterocycles. The summed E-state index contributed by atoms with van der Waals surface area (Å²) < 4.78 is 0. The molecule has 0 aromatic carbocycles. The normalized spacial score (nSPS) is 52.2. The van der Waals surface area contributed by atoms with Gasteiger partial charge in [0.2, 0.25) is 0 Å². The van der Waals surface area contributed by atoms with Gasteiger partial charge in [-0.15, -0.1) is 0 Å². The monoisotopic (exact) mass is 141 g/mol. The molecule has 2 N–H and O–H groups in total. The van der Waals surface area contributed by atoms with Crippen molar-refractivity contribution >= 4 is 0 Å². The van der Waals surface area contributed by atoms with Gasteiger partial charge in [0.25, 0.3) is 0 Å². The first-order chi connectivity index (χ1) is 4.72. The molecule has 0 aromatic rings. The molecule has 1 saturated carbocycles. The average molecular weight is 141 g/mol. The van der Waals surface area contributed by atoms with Crippen molar-refractivity contribution in [3.63, 3.8) is 0 Å². The molecule has 1 saturated heterocycles. The molecule has 2 atom stereocenters. The van der Waals surface area contributed by atoms with Crippen LogP contribution in [0.3, 0.4) is 0 Å². The molecule has 0 aromatic heterocycles. The second-order valence-electron chi connectivity index (χ2n) is 4.10. The van der Waals surface area contributed by atoms with Crippen LogP contribution in [0.25, 0.3) is 0 Å². The van der Waals surface area contributed by atoms with Crippen molar-refractivity contribution in [1.29, 1.82) is 0 Å². The van der Waals surface area contributed by atoms with Crippen LogP contribution in [0.15, 0.2) is 0 Å². The Kier molecular flexibility index (Phi) is 1.15. The fourth-order valence-corrected chi connectivity index (χ4v) is 2.36. The summed E-state index contributed by atoms with van der Waals surface area (Å²) in [6.45, 7) is 4.87. The minimum Gasteiger partial charge on any atom is -0.396 e. The summed E-state index contributed by atoms with van der Waals surface area (Å²) in [6, 6.07) is 0. The molecule has 2 rings (SSSR count). The molecule has 0 spiro atoms. The highest BCUT2D eigenvalue weighted by molar-refractivity contribution is 5.14. The summed E-state index contributed by atoms with van der Waals surface area (Å²) in [5.41, 5.74) is 0.748. The lowest BCUT2D eigenvalue weighted by Crippen LogP contribution is -2.36. The maximum atomic E-state index is 9.13. The van der Waals surface area contributed by atoms with Gasteiger partial charge in [-0.05, 0) is 24.8 Å². The van der Waals surface area contributed by atoms with Crippen LogP contribution in [0.4, 0.5) is 0 Å². The smallest absolute Gasteiger partial charge is 0.0493 e. The van der Waals surface area contributed by atoms with Crippen LogP contribution in [0.2, 0.25) is 0 Å². The van der Waals surface area contributed by atoms with Gasteiger partial charge in [-0.3, -0.25) is 0 Å². The molecule has 2 heteroatoms. The van der Waals surface area contributed by atoms with E-state index in [1.807, 2.05) is 0 Å². The van der Waals surface area contributed by atoms with Gasteiger partial charge < -0.3 is 10.4 Å². The summed E-state index contributed by atoms with van der Waals surface area (Å²) in [4.78, 5) is 0. The third-order valence-corrected chi connectivity index (χ3v) is 3.48. The van der Waals surface area contributed by atoms with Crippen LogP contribution >= 0.6 is 0 Å². The number of hydrogen-bond acceptors (Lipinski definition) is 2. The average Bonchev–Trinajstić information content (AvgIpc) is 2.56. The van der Waals surface area contributed by atoms with Crippen LogP contribution in [0, 0.1) is 10.8 Å². The molecule has 10 heavy (non-hydrogen) atoms. The maximum absolute atomic E-state index is 9.13. The van der Waals surface area contributed by atoms with E-state index in [2.05, 4.69) is 12.2 Å². The Bertz CT molecular complexity index is 155. The zero-order chi connectivity index (χ0) is 7.24. The van der Waals surface area contributed by atoms with Gasteiger partial charge in [-0.25, -0.2) is 0 Å². The zero-order valence-corrected chi connectivity index (χ0v) is 6.48. The van der Waals surface area contributed by atoms with Crippen LogP contribution in [-0.2, 0) is 0 Å². The molecular weight excluding hydrogens is 126 g/mol. The molecule has 0 amide bonds. The second-order valence-corrected chi connectivity index (χ2v) is 4.10. The van der Waals surface area contributed by atoms with E-state index in [-0.39, 0.29) is 0 Å². The lowest BCUT2D eigenvalue weighted by molar-refractivity contribution is 0.147. The van der Waals surface area contributed by atoms with Crippen molar-refractivity contribution in [3.05, 3.63) is 0 Å². The second kappa shape index (κ2) is 1.74. The maximum Gasteiger partial charge on any atom is 0.0493 e.